The van der Waals surface area contributed by atoms with E-state index in [0.29, 0.717) is 24.3 Å². The first-order valence-electron chi connectivity index (χ1n) is 7.54. The third-order valence-electron chi connectivity index (χ3n) is 5.37. The van der Waals surface area contributed by atoms with Gasteiger partial charge in [0.2, 0.25) is 10.0 Å². The van der Waals surface area contributed by atoms with Gasteiger partial charge in [0, 0.05) is 6.54 Å². The fraction of sp³-hybridized carbons (Fsp3) is 1.00. The van der Waals surface area contributed by atoms with Gasteiger partial charge in [-0.05, 0) is 62.7 Å². The lowest BCUT2D eigenvalue weighted by Crippen LogP contribution is -2.58. The summed E-state index contributed by atoms with van der Waals surface area (Å²) >= 11 is 0. The number of unbranched alkanes of at least 4 members (excludes halogenated alkanes) is 1. The van der Waals surface area contributed by atoms with Crippen LogP contribution in [0.15, 0.2) is 0 Å². The predicted octanol–water partition coefficient (Wildman–Crippen LogP) is 2.67. The monoisotopic (exact) mass is 271 g/mol. The molecule has 0 spiro atoms. The number of rotatable bonds is 5. The molecule has 4 saturated carbocycles. The van der Waals surface area contributed by atoms with Crippen LogP contribution in [0.25, 0.3) is 0 Å². The average molecular weight is 271 g/mol. The molecule has 0 heterocycles. The van der Waals surface area contributed by atoms with E-state index in [0.717, 1.165) is 32.1 Å². The number of hydrogen-bond donors (Lipinski definition) is 1. The lowest BCUT2D eigenvalue weighted by Gasteiger charge is -2.55. The van der Waals surface area contributed by atoms with Crippen LogP contribution in [0.1, 0.15) is 58.3 Å². The van der Waals surface area contributed by atoms with Crippen molar-refractivity contribution in [2.24, 2.45) is 17.8 Å². The van der Waals surface area contributed by atoms with Crippen molar-refractivity contribution in [2.75, 3.05) is 6.54 Å². The second-order valence-electron chi connectivity index (χ2n) is 6.85. The van der Waals surface area contributed by atoms with Crippen LogP contribution in [0, 0.1) is 17.8 Å². The molecule has 4 fully saturated rings. The van der Waals surface area contributed by atoms with Crippen molar-refractivity contribution in [3.8, 4) is 0 Å². The molecule has 0 radical (unpaired) electrons. The van der Waals surface area contributed by atoms with E-state index < -0.39 is 14.8 Å². The number of nitrogens with one attached hydrogen (secondary N) is 1. The fourth-order valence-electron chi connectivity index (χ4n) is 4.90. The predicted molar refractivity (Wildman–Crippen MR) is 72.7 cm³/mol. The maximum atomic E-state index is 12.6. The molecular weight excluding hydrogens is 246 g/mol. The van der Waals surface area contributed by atoms with Gasteiger partial charge in [-0.15, -0.1) is 0 Å². The van der Waals surface area contributed by atoms with Crippen LogP contribution in [0.5, 0.6) is 0 Å². The summed E-state index contributed by atoms with van der Waals surface area (Å²) in [6.45, 7) is 2.72. The van der Waals surface area contributed by atoms with Crippen LogP contribution in [0.4, 0.5) is 0 Å². The summed E-state index contributed by atoms with van der Waals surface area (Å²) in [7, 11) is -3.10. The quantitative estimate of drug-likeness (QED) is 0.781. The highest BCUT2D eigenvalue weighted by Crippen LogP contribution is 2.58. The Morgan fingerprint density at radius 2 is 1.56 bits per heavy atom. The van der Waals surface area contributed by atoms with Gasteiger partial charge in [-0.1, -0.05) is 13.3 Å². The minimum Gasteiger partial charge on any atom is -0.215 e. The minimum atomic E-state index is -3.10. The Morgan fingerprint density at radius 1 is 1.06 bits per heavy atom. The van der Waals surface area contributed by atoms with Crippen LogP contribution in [0.3, 0.4) is 0 Å². The van der Waals surface area contributed by atoms with E-state index >= 15 is 0 Å². The van der Waals surface area contributed by atoms with Crippen molar-refractivity contribution >= 4 is 10.0 Å². The van der Waals surface area contributed by atoms with Crippen LogP contribution in [-0.2, 0) is 10.0 Å². The Balaban J connectivity index is 1.78. The van der Waals surface area contributed by atoms with Gasteiger partial charge >= 0.3 is 0 Å². The molecule has 0 saturated heterocycles. The van der Waals surface area contributed by atoms with Crippen molar-refractivity contribution in [3.63, 3.8) is 0 Å². The molecule has 4 aliphatic rings. The first-order valence-corrected chi connectivity index (χ1v) is 9.02. The largest absolute Gasteiger partial charge is 0.217 e. The Morgan fingerprint density at radius 3 is 2.00 bits per heavy atom. The molecule has 0 unspecified atom stereocenters. The first-order chi connectivity index (χ1) is 8.55. The van der Waals surface area contributed by atoms with E-state index in [9.17, 15) is 8.42 Å². The van der Waals surface area contributed by atoms with Gasteiger partial charge in [-0.25, -0.2) is 13.1 Å². The zero-order chi connectivity index (χ0) is 12.8. The standard InChI is InChI=1S/C14H25NO2S/c1-2-3-4-15-18(16,17)14-8-11-5-12(9-14)7-13(6-11)10-14/h11-13,15H,2-10H2,1H3. The summed E-state index contributed by atoms with van der Waals surface area (Å²) < 4.78 is 27.8. The fourth-order valence-corrected chi connectivity index (χ4v) is 6.98. The summed E-state index contributed by atoms with van der Waals surface area (Å²) in [5, 5.41) is 0. The molecule has 4 bridgehead atoms. The Labute approximate surface area is 111 Å². The maximum absolute atomic E-state index is 12.6. The highest BCUT2D eigenvalue weighted by Gasteiger charge is 2.57. The second-order valence-corrected chi connectivity index (χ2v) is 9.01. The zero-order valence-corrected chi connectivity index (χ0v) is 12.1. The van der Waals surface area contributed by atoms with E-state index in [-0.39, 0.29) is 0 Å². The van der Waals surface area contributed by atoms with Gasteiger partial charge < -0.3 is 0 Å². The summed E-state index contributed by atoms with van der Waals surface area (Å²) in [6.07, 6.45) is 8.67. The molecule has 0 aromatic heterocycles. The summed E-state index contributed by atoms with van der Waals surface area (Å²) in [5.74, 6) is 2.08. The van der Waals surface area contributed by atoms with Gasteiger partial charge in [0.1, 0.15) is 0 Å². The molecule has 0 aliphatic heterocycles. The van der Waals surface area contributed by atoms with E-state index in [1.54, 1.807) is 0 Å². The molecular formula is C14H25NO2S. The molecule has 0 atom stereocenters. The SMILES string of the molecule is CCCCNS(=O)(=O)C12CC3CC(CC(C3)C1)C2. The summed E-state index contributed by atoms with van der Waals surface area (Å²) in [4.78, 5) is 0. The smallest absolute Gasteiger partial charge is 0.215 e. The molecule has 0 aromatic rings. The Hall–Kier alpha value is -0.0900. The van der Waals surface area contributed by atoms with Crippen molar-refractivity contribution in [3.05, 3.63) is 0 Å². The number of hydrogen-bond acceptors (Lipinski definition) is 2. The summed E-state index contributed by atoms with van der Waals surface area (Å²) in [6, 6.07) is 0. The van der Waals surface area contributed by atoms with Gasteiger partial charge in [-0.3, -0.25) is 0 Å². The van der Waals surface area contributed by atoms with E-state index in [4.69, 9.17) is 0 Å². The van der Waals surface area contributed by atoms with Gasteiger partial charge in [0.25, 0.3) is 0 Å². The molecule has 1 N–H and O–H groups in total. The lowest BCUT2D eigenvalue weighted by atomic mass is 9.56. The molecule has 104 valence electrons. The third-order valence-corrected chi connectivity index (χ3v) is 7.60. The molecule has 4 heteroatoms. The average Bonchev–Trinajstić information content (AvgIpc) is 2.27. The molecule has 4 rings (SSSR count). The van der Waals surface area contributed by atoms with Crippen LogP contribution in [-0.4, -0.2) is 19.7 Å². The number of sulfonamides is 1. The highest BCUT2D eigenvalue weighted by molar-refractivity contribution is 7.90. The van der Waals surface area contributed by atoms with Crippen LogP contribution < -0.4 is 4.72 Å². The zero-order valence-electron chi connectivity index (χ0n) is 11.3. The van der Waals surface area contributed by atoms with Gasteiger partial charge in [0.05, 0.1) is 4.75 Å². The van der Waals surface area contributed by atoms with Gasteiger partial charge in [0.15, 0.2) is 0 Å². The maximum Gasteiger partial charge on any atom is 0.217 e. The van der Waals surface area contributed by atoms with Gasteiger partial charge in [-0.2, -0.15) is 0 Å². The van der Waals surface area contributed by atoms with E-state index in [1.165, 1.54) is 19.3 Å². The second kappa shape index (κ2) is 4.48. The Kier molecular flexibility index (Phi) is 3.22. The van der Waals surface area contributed by atoms with E-state index in [2.05, 4.69) is 11.6 Å². The lowest BCUT2D eigenvalue weighted by molar-refractivity contribution is 0.0333. The highest BCUT2D eigenvalue weighted by atomic mass is 32.2. The molecule has 3 nitrogen and oxygen atoms in total. The molecule has 18 heavy (non-hydrogen) atoms. The van der Waals surface area contributed by atoms with Crippen molar-refractivity contribution in [1.29, 1.82) is 0 Å². The molecule has 0 aromatic carbocycles. The van der Waals surface area contributed by atoms with Crippen molar-refractivity contribution in [1.82, 2.24) is 4.72 Å². The first kappa shape index (κ1) is 12.9. The molecule has 0 amide bonds. The summed E-state index contributed by atoms with van der Waals surface area (Å²) in [5.41, 5.74) is 0. The van der Waals surface area contributed by atoms with Crippen molar-refractivity contribution in [2.45, 2.75) is 63.0 Å². The Bertz CT molecular complexity index is 380. The third kappa shape index (κ3) is 2.01. The normalized spacial score (nSPS) is 42.4. The van der Waals surface area contributed by atoms with Crippen molar-refractivity contribution < 1.29 is 8.42 Å². The van der Waals surface area contributed by atoms with E-state index in [1.807, 2.05) is 0 Å². The van der Waals surface area contributed by atoms with Crippen LogP contribution in [0.2, 0.25) is 0 Å². The minimum absolute atomic E-state index is 0.393. The van der Waals surface area contributed by atoms with Crippen LogP contribution >= 0.6 is 0 Å². The molecule has 4 aliphatic carbocycles. The topological polar surface area (TPSA) is 46.2 Å².